The third-order valence-electron chi connectivity index (χ3n) is 6.18. The Labute approximate surface area is 205 Å². The van der Waals surface area contributed by atoms with E-state index in [1.165, 1.54) is 5.57 Å². The molecule has 1 aliphatic carbocycles. The highest BCUT2D eigenvalue weighted by Crippen LogP contribution is 2.22. The van der Waals surface area contributed by atoms with Gasteiger partial charge in [0.25, 0.3) is 0 Å². The molecule has 2 aliphatic heterocycles. The quantitative estimate of drug-likeness (QED) is 0.272. The van der Waals surface area contributed by atoms with Crippen molar-refractivity contribution in [1.29, 1.82) is 10.8 Å². The topological polar surface area (TPSA) is 142 Å². The zero-order chi connectivity index (χ0) is 24.6. The lowest BCUT2D eigenvalue weighted by molar-refractivity contribution is 0.0787. The SMILES string of the molecule is CCC1=NC#CCC(c2cnc(N)c(C(=N)OC(=N)C3=CC=C(CNC4CCOCC4)CC3)n2)=C1. The minimum Gasteiger partial charge on any atom is -0.419 e. The summed E-state index contributed by atoms with van der Waals surface area (Å²) >= 11 is 0. The first kappa shape index (κ1) is 24.5. The molecule has 0 bridgehead atoms. The molecule has 1 fully saturated rings. The van der Waals surface area contributed by atoms with Gasteiger partial charge in [-0.25, -0.2) is 15.0 Å². The lowest BCUT2D eigenvalue weighted by Gasteiger charge is -2.24. The second kappa shape index (κ2) is 11.7. The summed E-state index contributed by atoms with van der Waals surface area (Å²) in [6.07, 6.45) is 12.3. The summed E-state index contributed by atoms with van der Waals surface area (Å²) in [4.78, 5) is 12.9. The summed E-state index contributed by atoms with van der Waals surface area (Å²) < 4.78 is 10.9. The van der Waals surface area contributed by atoms with Crippen LogP contribution in [0, 0.1) is 22.8 Å². The largest absolute Gasteiger partial charge is 0.419 e. The number of aliphatic imine (C=N–C) groups is 1. The van der Waals surface area contributed by atoms with E-state index >= 15 is 0 Å². The molecular formula is C26H31N7O2. The number of allylic oxidation sites excluding steroid dienone is 4. The number of nitrogens with one attached hydrogen (secondary N) is 3. The molecule has 9 heteroatoms. The molecule has 0 radical (unpaired) electrons. The number of rotatable bonds is 7. The maximum Gasteiger partial charge on any atom is 0.243 e. The van der Waals surface area contributed by atoms with Crippen LogP contribution in [0.1, 0.15) is 56.8 Å². The Morgan fingerprint density at radius 2 is 2.06 bits per heavy atom. The van der Waals surface area contributed by atoms with Gasteiger partial charge in [0.15, 0.2) is 11.5 Å². The van der Waals surface area contributed by atoms with Crippen LogP contribution in [0.3, 0.4) is 0 Å². The lowest BCUT2D eigenvalue weighted by atomic mass is 9.97. The first-order chi connectivity index (χ1) is 17.0. The number of ether oxygens (including phenoxy) is 2. The molecule has 4 rings (SSSR count). The molecule has 3 heterocycles. The first-order valence-electron chi connectivity index (χ1n) is 12.0. The van der Waals surface area contributed by atoms with Crippen LogP contribution in [0.5, 0.6) is 0 Å². The fourth-order valence-corrected chi connectivity index (χ4v) is 4.01. The van der Waals surface area contributed by atoms with Gasteiger partial charge in [0.05, 0.1) is 17.6 Å². The van der Waals surface area contributed by atoms with Gasteiger partial charge in [0.2, 0.25) is 11.8 Å². The molecule has 3 aliphatic rings. The van der Waals surface area contributed by atoms with Gasteiger partial charge in [0.1, 0.15) is 0 Å². The first-order valence-corrected chi connectivity index (χ1v) is 12.0. The van der Waals surface area contributed by atoms with E-state index in [-0.39, 0.29) is 23.3 Å². The third-order valence-corrected chi connectivity index (χ3v) is 6.18. The second-order valence-corrected chi connectivity index (χ2v) is 8.63. The predicted molar refractivity (Wildman–Crippen MR) is 137 cm³/mol. The van der Waals surface area contributed by atoms with Crippen molar-refractivity contribution in [2.24, 2.45) is 4.99 Å². The highest BCUT2D eigenvalue weighted by atomic mass is 16.5. The Hall–Kier alpha value is -3.61. The van der Waals surface area contributed by atoms with Crippen molar-refractivity contribution < 1.29 is 9.47 Å². The maximum absolute atomic E-state index is 8.39. The van der Waals surface area contributed by atoms with Crippen molar-refractivity contribution in [2.45, 2.75) is 51.5 Å². The van der Waals surface area contributed by atoms with Gasteiger partial charge >= 0.3 is 0 Å². The highest BCUT2D eigenvalue weighted by molar-refractivity contribution is 6.06. The van der Waals surface area contributed by atoms with Gasteiger partial charge in [-0.15, -0.1) is 0 Å². The zero-order valence-corrected chi connectivity index (χ0v) is 20.0. The van der Waals surface area contributed by atoms with E-state index in [2.05, 4.69) is 32.2 Å². The smallest absolute Gasteiger partial charge is 0.243 e. The van der Waals surface area contributed by atoms with Gasteiger partial charge in [-0.2, -0.15) is 0 Å². The zero-order valence-electron chi connectivity index (χ0n) is 20.0. The van der Waals surface area contributed by atoms with Crippen molar-refractivity contribution in [1.82, 2.24) is 15.3 Å². The van der Waals surface area contributed by atoms with Crippen LogP contribution >= 0.6 is 0 Å². The van der Waals surface area contributed by atoms with Crippen LogP contribution in [0.15, 0.2) is 40.6 Å². The summed E-state index contributed by atoms with van der Waals surface area (Å²) in [7, 11) is 0. The Kier molecular flexibility index (Phi) is 8.19. The summed E-state index contributed by atoms with van der Waals surface area (Å²) in [6, 6.07) is 3.29. The summed E-state index contributed by atoms with van der Waals surface area (Å²) in [5.41, 5.74) is 10.4. The normalized spacial score (nSPS) is 18.2. The van der Waals surface area contributed by atoms with Crippen molar-refractivity contribution in [3.63, 3.8) is 0 Å². The Morgan fingerprint density at radius 3 is 2.80 bits per heavy atom. The second-order valence-electron chi connectivity index (χ2n) is 8.63. The average molecular weight is 474 g/mol. The van der Waals surface area contributed by atoms with Crippen molar-refractivity contribution in [3.05, 3.63) is 47.0 Å². The molecule has 0 aromatic carbocycles. The van der Waals surface area contributed by atoms with E-state index in [1.54, 1.807) is 6.20 Å². The molecule has 1 aromatic rings. The molecule has 0 unspecified atom stereocenters. The number of hydrogen-bond acceptors (Lipinski definition) is 9. The molecule has 9 nitrogen and oxygen atoms in total. The Morgan fingerprint density at radius 1 is 1.23 bits per heavy atom. The maximum atomic E-state index is 8.39. The van der Waals surface area contributed by atoms with Gasteiger partial charge < -0.3 is 20.5 Å². The van der Waals surface area contributed by atoms with E-state index in [0.717, 1.165) is 62.3 Å². The van der Waals surface area contributed by atoms with E-state index < -0.39 is 0 Å². The fourth-order valence-electron chi connectivity index (χ4n) is 4.01. The summed E-state index contributed by atoms with van der Waals surface area (Å²) in [5, 5.41) is 20.3. The van der Waals surface area contributed by atoms with E-state index in [1.807, 2.05) is 25.2 Å². The third kappa shape index (κ3) is 6.50. The van der Waals surface area contributed by atoms with Gasteiger partial charge in [-0.3, -0.25) is 10.8 Å². The van der Waals surface area contributed by atoms with Gasteiger partial charge in [-0.05, 0) is 43.8 Å². The molecule has 0 spiro atoms. The van der Waals surface area contributed by atoms with Crippen molar-refractivity contribution in [3.8, 4) is 12.0 Å². The van der Waals surface area contributed by atoms with Crippen LogP contribution in [-0.2, 0) is 9.47 Å². The highest BCUT2D eigenvalue weighted by Gasteiger charge is 2.20. The van der Waals surface area contributed by atoms with Crippen LogP contribution in [0.4, 0.5) is 5.82 Å². The number of hydrogen-bond donors (Lipinski definition) is 4. The van der Waals surface area contributed by atoms with Gasteiger partial charge in [-0.1, -0.05) is 30.6 Å². The predicted octanol–water partition coefficient (Wildman–Crippen LogP) is 3.39. The van der Waals surface area contributed by atoms with Gasteiger partial charge in [0, 0.05) is 43.8 Å². The molecule has 182 valence electrons. The van der Waals surface area contributed by atoms with Crippen LogP contribution in [-0.4, -0.2) is 53.3 Å². The number of aromatic nitrogens is 2. The molecule has 35 heavy (non-hydrogen) atoms. The van der Waals surface area contributed by atoms with E-state index in [9.17, 15) is 0 Å². The number of nitrogens with zero attached hydrogens (tertiary/aromatic N) is 3. The molecule has 0 atom stereocenters. The van der Waals surface area contributed by atoms with Crippen LogP contribution in [0.2, 0.25) is 0 Å². The Balaban J connectivity index is 1.39. The minimum atomic E-state index is -0.302. The van der Waals surface area contributed by atoms with Crippen LogP contribution < -0.4 is 11.1 Å². The standard InChI is InChI=1S/C26H31N7O2/c1-2-20-14-19(4-3-11-30-20)22-16-32-24(27)23(33-22)26(29)35-25(28)18-7-5-17(6-8-18)15-31-21-9-12-34-13-10-21/h5,7,14,16,21,28-29,31H,2,4,6,8-10,12-13,15H2,1H3,(H2,27,32). The minimum absolute atomic E-state index is 0.0748. The fraction of sp³-hybridized carbons (Fsp3) is 0.423. The summed E-state index contributed by atoms with van der Waals surface area (Å²) in [5.74, 6) is 2.68. The molecular weight excluding hydrogens is 442 g/mol. The van der Waals surface area contributed by atoms with Crippen LogP contribution in [0.25, 0.3) is 5.57 Å². The average Bonchev–Trinajstić information content (AvgIpc) is 3.14. The number of nitrogen functional groups attached to an aromatic ring is 1. The molecule has 0 amide bonds. The monoisotopic (exact) mass is 473 g/mol. The van der Waals surface area contributed by atoms with Crippen molar-refractivity contribution in [2.75, 3.05) is 25.5 Å². The molecule has 1 saturated heterocycles. The summed E-state index contributed by atoms with van der Waals surface area (Å²) in [6.45, 7) is 4.48. The molecule has 5 N–H and O–H groups in total. The number of anilines is 1. The lowest BCUT2D eigenvalue weighted by Crippen LogP contribution is -2.36. The Bertz CT molecular complexity index is 1180. The van der Waals surface area contributed by atoms with E-state index in [0.29, 0.717) is 24.6 Å². The molecule has 0 saturated carbocycles. The van der Waals surface area contributed by atoms with E-state index in [4.69, 9.17) is 26.0 Å². The number of nitrogens with two attached hydrogens (primary N) is 1. The molecule has 1 aromatic heterocycles. The van der Waals surface area contributed by atoms with Crippen molar-refractivity contribution >= 4 is 28.9 Å².